The quantitative estimate of drug-likeness (QED) is 0.734. The van der Waals surface area contributed by atoms with Crippen LogP contribution >= 0.6 is 0 Å². The van der Waals surface area contributed by atoms with Crippen molar-refractivity contribution in [1.82, 2.24) is 14.9 Å². The first-order chi connectivity index (χ1) is 8.78. The van der Waals surface area contributed by atoms with Crippen molar-refractivity contribution < 1.29 is 4.79 Å². The second-order valence-corrected chi connectivity index (χ2v) is 4.81. The molecule has 0 saturated carbocycles. The summed E-state index contributed by atoms with van der Waals surface area (Å²) in [6, 6.07) is 0. The molecule has 18 heavy (non-hydrogen) atoms. The highest BCUT2D eigenvalue weighted by Crippen LogP contribution is 2.29. The van der Waals surface area contributed by atoms with Crippen LogP contribution in [0.25, 0.3) is 0 Å². The van der Waals surface area contributed by atoms with Crippen molar-refractivity contribution in [1.29, 1.82) is 0 Å². The van der Waals surface area contributed by atoms with Gasteiger partial charge in [-0.3, -0.25) is 4.79 Å². The summed E-state index contributed by atoms with van der Waals surface area (Å²) in [5, 5.41) is 0. The maximum Gasteiger partial charge on any atom is 0.222 e. The summed E-state index contributed by atoms with van der Waals surface area (Å²) in [6.07, 6.45) is 4.09. The Balaban J connectivity index is 1.87. The van der Waals surface area contributed by atoms with Crippen molar-refractivity contribution >= 4 is 18.2 Å². The van der Waals surface area contributed by atoms with Crippen molar-refractivity contribution in [3.8, 4) is 0 Å². The standard InChI is InChI=1S/C12H17N5O/c13-12-14-10-3-1-2-9(10)11(15-12)17-6-4-16(8-18)5-7-17/h8H,1-7H2,(H2,13,14,15). The molecule has 0 aromatic carbocycles. The van der Waals surface area contributed by atoms with Gasteiger partial charge in [-0.15, -0.1) is 0 Å². The molecule has 1 aromatic rings. The number of nitrogen functional groups attached to an aromatic ring is 1. The van der Waals surface area contributed by atoms with Crippen LogP contribution in [0.3, 0.4) is 0 Å². The van der Waals surface area contributed by atoms with Gasteiger partial charge in [-0.05, 0) is 19.3 Å². The van der Waals surface area contributed by atoms with Crippen LogP contribution in [0.4, 0.5) is 11.8 Å². The normalized spacial score (nSPS) is 18.9. The Bertz CT molecular complexity index is 468. The van der Waals surface area contributed by atoms with E-state index in [0.717, 1.165) is 63.4 Å². The van der Waals surface area contributed by atoms with Gasteiger partial charge in [0.2, 0.25) is 12.4 Å². The topological polar surface area (TPSA) is 75.3 Å². The fraction of sp³-hybridized carbons (Fsp3) is 0.583. The first-order valence-corrected chi connectivity index (χ1v) is 6.37. The van der Waals surface area contributed by atoms with Crippen molar-refractivity contribution in [3.63, 3.8) is 0 Å². The molecule has 1 saturated heterocycles. The molecule has 1 amide bonds. The first kappa shape index (κ1) is 11.3. The van der Waals surface area contributed by atoms with E-state index in [1.54, 1.807) is 4.90 Å². The van der Waals surface area contributed by atoms with E-state index in [-0.39, 0.29) is 0 Å². The first-order valence-electron chi connectivity index (χ1n) is 6.37. The average molecular weight is 247 g/mol. The molecule has 6 heteroatoms. The Labute approximate surface area is 106 Å². The second kappa shape index (κ2) is 4.44. The van der Waals surface area contributed by atoms with E-state index in [1.165, 1.54) is 5.56 Å². The number of fused-ring (bicyclic) bond motifs is 1. The summed E-state index contributed by atoms with van der Waals surface area (Å²) in [7, 11) is 0. The number of carbonyl (C=O) groups excluding carboxylic acids is 1. The van der Waals surface area contributed by atoms with Gasteiger partial charge >= 0.3 is 0 Å². The fourth-order valence-corrected chi connectivity index (χ4v) is 2.73. The lowest BCUT2D eigenvalue weighted by Crippen LogP contribution is -2.46. The van der Waals surface area contributed by atoms with Gasteiger partial charge in [0.15, 0.2) is 0 Å². The SMILES string of the molecule is Nc1nc2c(c(N3CCN(C=O)CC3)n1)CCC2. The fourth-order valence-electron chi connectivity index (χ4n) is 2.73. The zero-order valence-corrected chi connectivity index (χ0v) is 10.3. The predicted octanol–water partition coefficient (Wildman–Crippen LogP) is -0.174. The third-order valence-corrected chi connectivity index (χ3v) is 3.69. The van der Waals surface area contributed by atoms with E-state index < -0.39 is 0 Å². The summed E-state index contributed by atoms with van der Waals surface area (Å²) < 4.78 is 0. The van der Waals surface area contributed by atoms with Crippen molar-refractivity contribution in [2.45, 2.75) is 19.3 Å². The highest BCUT2D eigenvalue weighted by Gasteiger charge is 2.24. The van der Waals surface area contributed by atoms with Crippen LogP contribution in [0.5, 0.6) is 0 Å². The number of rotatable bonds is 2. The number of aromatic nitrogens is 2. The lowest BCUT2D eigenvalue weighted by atomic mass is 10.2. The average Bonchev–Trinajstić information content (AvgIpc) is 2.86. The van der Waals surface area contributed by atoms with Gasteiger partial charge in [0.25, 0.3) is 0 Å². The zero-order valence-electron chi connectivity index (χ0n) is 10.3. The summed E-state index contributed by atoms with van der Waals surface area (Å²) in [5.41, 5.74) is 8.14. The largest absolute Gasteiger partial charge is 0.368 e. The number of piperazine rings is 1. The van der Waals surface area contributed by atoms with E-state index in [9.17, 15) is 4.79 Å². The molecule has 0 unspecified atom stereocenters. The van der Waals surface area contributed by atoms with Crippen LogP contribution in [0.15, 0.2) is 0 Å². The van der Waals surface area contributed by atoms with Gasteiger partial charge in [0.1, 0.15) is 5.82 Å². The zero-order chi connectivity index (χ0) is 12.5. The monoisotopic (exact) mass is 247 g/mol. The number of nitrogens with zero attached hydrogens (tertiary/aromatic N) is 4. The predicted molar refractivity (Wildman–Crippen MR) is 68.3 cm³/mol. The van der Waals surface area contributed by atoms with Gasteiger partial charge in [0.05, 0.1) is 5.69 Å². The molecular formula is C12H17N5O. The molecule has 2 aliphatic rings. The van der Waals surface area contributed by atoms with Crippen LogP contribution < -0.4 is 10.6 Å². The van der Waals surface area contributed by atoms with E-state index in [0.29, 0.717) is 5.95 Å². The molecule has 1 aliphatic heterocycles. The second-order valence-electron chi connectivity index (χ2n) is 4.81. The number of hydrogen-bond acceptors (Lipinski definition) is 5. The number of anilines is 2. The lowest BCUT2D eigenvalue weighted by Gasteiger charge is -2.34. The summed E-state index contributed by atoms with van der Waals surface area (Å²) in [5.74, 6) is 1.35. The molecule has 0 bridgehead atoms. The number of amides is 1. The van der Waals surface area contributed by atoms with Crippen LogP contribution in [0, 0.1) is 0 Å². The van der Waals surface area contributed by atoms with Crippen LogP contribution in [-0.2, 0) is 17.6 Å². The molecule has 2 heterocycles. The number of aryl methyl sites for hydroxylation is 1. The van der Waals surface area contributed by atoms with Crippen LogP contribution in [-0.4, -0.2) is 47.5 Å². The summed E-state index contributed by atoms with van der Waals surface area (Å²) in [6.45, 7) is 3.15. The minimum atomic E-state index is 0.364. The van der Waals surface area contributed by atoms with Gasteiger partial charge in [-0.2, -0.15) is 4.98 Å². The summed E-state index contributed by atoms with van der Waals surface area (Å²) >= 11 is 0. The van der Waals surface area contributed by atoms with E-state index >= 15 is 0 Å². The van der Waals surface area contributed by atoms with E-state index in [4.69, 9.17) is 5.73 Å². The minimum Gasteiger partial charge on any atom is -0.368 e. The Hall–Kier alpha value is -1.85. The number of nitrogens with two attached hydrogens (primary N) is 1. The maximum absolute atomic E-state index is 10.7. The molecule has 96 valence electrons. The van der Waals surface area contributed by atoms with Crippen LogP contribution in [0.2, 0.25) is 0 Å². The van der Waals surface area contributed by atoms with Gasteiger partial charge in [-0.1, -0.05) is 0 Å². The van der Waals surface area contributed by atoms with Crippen molar-refractivity contribution in [2.24, 2.45) is 0 Å². The van der Waals surface area contributed by atoms with Crippen molar-refractivity contribution in [3.05, 3.63) is 11.3 Å². The molecule has 0 radical (unpaired) electrons. The molecule has 1 aromatic heterocycles. The molecule has 6 nitrogen and oxygen atoms in total. The number of carbonyl (C=O) groups is 1. The van der Waals surface area contributed by atoms with E-state index in [2.05, 4.69) is 14.9 Å². The Kier molecular flexibility index (Phi) is 2.77. The minimum absolute atomic E-state index is 0.364. The van der Waals surface area contributed by atoms with Gasteiger partial charge in [-0.25, -0.2) is 4.98 Å². The highest BCUT2D eigenvalue weighted by molar-refractivity contribution is 5.55. The van der Waals surface area contributed by atoms with Gasteiger partial charge < -0.3 is 15.5 Å². The number of hydrogen-bond donors (Lipinski definition) is 1. The molecule has 0 spiro atoms. The van der Waals surface area contributed by atoms with Crippen molar-refractivity contribution in [2.75, 3.05) is 36.8 Å². The van der Waals surface area contributed by atoms with Crippen LogP contribution in [0.1, 0.15) is 17.7 Å². The Morgan fingerprint density at radius 3 is 2.61 bits per heavy atom. The van der Waals surface area contributed by atoms with E-state index in [1.807, 2.05) is 0 Å². The molecule has 0 atom stereocenters. The Morgan fingerprint density at radius 2 is 1.89 bits per heavy atom. The lowest BCUT2D eigenvalue weighted by molar-refractivity contribution is -0.118. The molecule has 1 fully saturated rings. The molecular weight excluding hydrogens is 230 g/mol. The Morgan fingerprint density at radius 1 is 1.11 bits per heavy atom. The highest BCUT2D eigenvalue weighted by atomic mass is 16.1. The molecule has 3 rings (SSSR count). The third kappa shape index (κ3) is 1.87. The smallest absolute Gasteiger partial charge is 0.222 e. The third-order valence-electron chi connectivity index (χ3n) is 3.69. The van der Waals surface area contributed by atoms with Gasteiger partial charge in [0, 0.05) is 31.7 Å². The summed E-state index contributed by atoms with van der Waals surface area (Å²) in [4.78, 5) is 23.4. The maximum atomic E-state index is 10.7. The molecule has 2 N–H and O–H groups in total. The molecule has 1 aliphatic carbocycles.